The van der Waals surface area contributed by atoms with Gasteiger partial charge in [-0.1, -0.05) is 29.8 Å². The van der Waals surface area contributed by atoms with Gasteiger partial charge in [0.1, 0.15) is 0 Å². The van der Waals surface area contributed by atoms with Gasteiger partial charge >= 0.3 is 0 Å². The summed E-state index contributed by atoms with van der Waals surface area (Å²) in [6.07, 6.45) is 3.18. The number of nitrogens with zero attached hydrogens (tertiary/aromatic N) is 4. The Morgan fingerprint density at radius 2 is 1.70 bits per heavy atom. The van der Waals surface area contributed by atoms with Gasteiger partial charge in [0.25, 0.3) is 17.7 Å². The van der Waals surface area contributed by atoms with Crippen LogP contribution in [0.25, 0.3) is 11.4 Å². The first-order valence-corrected chi connectivity index (χ1v) is 10.8. The lowest BCUT2D eigenvalue weighted by molar-refractivity contribution is -0.0836. The molecule has 8 nitrogen and oxygen atoms in total. The number of hydrogen-bond acceptors (Lipinski definition) is 6. The number of fused-ring (bicyclic) bond motifs is 1. The molecular formula is C25H22N4O4. The summed E-state index contributed by atoms with van der Waals surface area (Å²) >= 11 is 0. The average molecular weight is 442 g/mol. The summed E-state index contributed by atoms with van der Waals surface area (Å²) in [6.45, 7) is 2.78. The van der Waals surface area contributed by atoms with E-state index >= 15 is 0 Å². The maximum absolute atomic E-state index is 13.7. The van der Waals surface area contributed by atoms with Gasteiger partial charge in [-0.25, -0.2) is 9.97 Å². The van der Waals surface area contributed by atoms with Crippen molar-refractivity contribution < 1.29 is 19.1 Å². The van der Waals surface area contributed by atoms with Crippen molar-refractivity contribution in [2.45, 2.75) is 19.6 Å². The molecule has 0 radical (unpaired) electrons. The summed E-state index contributed by atoms with van der Waals surface area (Å²) in [5.41, 5.74) is 2.75. The van der Waals surface area contributed by atoms with Crippen molar-refractivity contribution in [2.75, 3.05) is 19.7 Å². The topological polar surface area (TPSA) is 92.7 Å². The van der Waals surface area contributed by atoms with Crippen molar-refractivity contribution in [2.24, 2.45) is 0 Å². The van der Waals surface area contributed by atoms with Crippen molar-refractivity contribution in [3.05, 3.63) is 83.2 Å². The number of hydrogen-bond donors (Lipinski definition) is 0. The summed E-state index contributed by atoms with van der Waals surface area (Å²) < 4.78 is 5.89. The predicted octanol–water partition coefficient (Wildman–Crippen LogP) is 2.94. The van der Waals surface area contributed by atoms with E-state index in [9.17, 15) is 14.4 Å². The van der Waals surface area contributed by atoms with Gasteiger partial charge in [-0.3, -0.25) is 19.3 Å². The lowest BCUT2D eigenvalue weighted by atomic mass is 10.0. The summed E-state index contributed by atoms with van der Waals surface area (Å²) in [4.78, 5) is 50.8. The fourth-order valence-electron chi connectivity index (χ4n) is 4.26. The van der Waals surface area contributed by atoms with Gasteiger partial charge < -0.3 is 9.64 Å². The molecule has 1 aromatic heterocycles. The Morgan fingerprint density at radius 3 is 2.39 bits per heavy atom. The maximum atomic E-state index is 13.7. The van der Waals surface area contributed by atoms with Crippen molar-refractivity contribution in [3.8, 4) is 11.4 Å². The molecule has 0 N–H and O–H groups in total. The summed E-state index contributed by atoms with van der Waals surface area (Å²) in [7, 11) is 0. The Hall–Kier alpha value is -3.91. The molecule has 5 rings (SSSR count). The maximum Gasteiger partial charge on any atom is 0.261 e. The third-order valence-corrected chi connectivity index (χ3v) is 5.89. The molecule has 8 heteroatoms. The number of rotatable bonds is 4. The summed E-state index contributed by atoms with van der Waals surface area (Å²) in [5.74, 6) is -0.532. The molecule has 3 amide bonds. The van der Waals surface area contributed by atoms with Crippen LogP contribution >= 0.6 is 0 Å². The van der Waals surface area contributed by atoms with Crippen LogP contribution in [0, 0.1) is 6.92 Å². The second-order valence-electron chi connectivity index (χ2n) is 8.07. The number of carbonyl (C=O) groups is 3. The Bertz CT molecular complexity index is 1210. The Kier molecular flexibility index (Phi) is 5.43. The van der Waals surface area contributed by atoms with Crippen LogP contribution in [0.15, 0.2) is 60.9 Å². The van der Waals surface area contributed by atoms with Crippen LogP contribution in [-0.4, -0.2) is 63.4 Å². The van der Waals surface area contributed by atoms with Gasteiger partial charge in [0.05, 0.1) is 29.8 Å². The number of amides is 3. The minimum absolute atomic E-state index is 0.0267. The quantitative estimate of drug-likeness (QED) is 0.577. The highest BCUT2D eigenvalue weighted by atomic mass is 16.5. The van der Waals surface area contributed by atoms with Crippen LogP contribution < -0.4 is 0 Å². The monoisotopic (exact) mass is 442 g/mol. The number of benzene rings is 2. The van der Waals surface area contributed by atoms with E-state index in [0.717, 1.165) is 5.56 Å². The first-order valence-electron chi connectivity index (χ1n) is 10.8. The molecular weight excluding hydrogens is 420 g/mol. The molecule has 0 bridgehead atoms. The Balaban J connectivity index is 1.45. The number of aryl methyl sites for hydroxylation is 1. The highest BCUT2D eigenvalue weighted by Crippen LogP contribution is 2.27. The molecule has 1 saturated heterocycles. The summed E-state index contributed by atoms with van der Waals surface area (Å²) in [5, 5.41) is 0. The fourth-order valence-corrected chi connectivity index (χ4v) is 4.26. The molecule has 3 aromatic rings. The number of ether oxygens (including phenoxy) is 1. The van der Waals surface area contributed by atoms with E-state index < -0.39 is 6.23 Å². The SMILES string of the molecule is Cc1ccc(-c2ncccn2)c(C(=O)N2CCCOC2CN2C(=O)c3ccccc3C2=O)c1. The molecule has 2 aromatic carbocycles. The van der Waals surface area contributed by atoms with Crippen LogP contribution in [0.5, 0.6) is 0 Å². The van der Waals surface area contributed by atoms with E-state index in [4.69, 9.17) is 4.74 Å². The van der Waals surface area contributed by atoms with Gasteiger partial charge in [0.15, 0.2) is 12.1 Å². The number of aromatic nitrogens is 2. The van der Waals surface area contributed by atoms with Crippen molar-refractivity contribution in [1.82, 2.24) is 19.8 Å². The van der Waals surface area contributed by atoms with Crippen LogP contribution in [0.2, 0.25) is 0 Å². The number of carbonyl (C=O) groups excluding carboxylic acids is 3. The zero-order chi connectivity index (χ0) is 22.9. The standard InChI is InChI=1S/C25H22N4O4/c1-16-8-9-17(22-26-10-4-11-27-22)20(14-16)25(32)28-12-5-13-33-21(28)15-29-23(30)18-6-2-3-7-19(18)24(29)31/h2-4,6-11,14,21H,5,12-13,15H2,1H3. The lowest BCUT2D eigenvalue weighted by Gasteiger charge is -2.37. The highest BCUT2D eigenvalue weighted by molar-refractivity contribution is 6.21. The largest absolute Gasteiger partial charge is 0.356 e. The van der Waals surface area contributed by atoms with Gasteiger partial charge in [-0.2, -0.15) is 0 Å². The molecule has 166 valence electrons. The Labute approximate surface area is 190 Å². The van der Waals surface area contributed by atoms with E-state index in [1.807, 2.05) is 25.1 Å². The zero-order valence-corrected chi connectivity index (χ0v) is 18.1. The third-order valence-electron chi connectivity index (χ3n) is 5.89. The molecule has 3 heterocycles. The molecule has 2 aliphatic rings. The fraction of sp³-hybridized carbons (Fsp3) is 0.240. The molecule has 1 atom stereocenters. The van der Waals surface area contributed by atoms with E-state index in [0.29, 0.717) is 47.7 Å². The minimum atomic E-state index is -0.737. The first kappa shape index (κ1) is 21.0. The zero-order valence-electron chi connectivity index (χ0n) is 18.1. The highest BCUT2D eigenvalue weighted by Gasteiger charge is 2.39. The third kappa shape index (κ3) is 3.78. The van der Waals surface area contributed by atoms with Crippen LogP contribution in [0.3, 0.4) is 0 Å². The minimum Gasteiger partial charge on any atom is -0.356 e. The van der Waals surface area contributed by atoms with Crippen LogP contribution in [0.1, 0.15) is 43.1 Å². The number of imide groups is 1. The van der Waals surface area contributed by atoms with Crippen molar-refractivity contribution in [1.29, 1.82) is 0 Å². The van der Waals surface area contributed by atoms with Gasteiger partial charge in [-0.15, -0.1) is 0 Å². The molecule has 0 saturated carbocycles. The molecule has 1 unspecified atom stereocenters. The van der Waals surface area contributed by atoms with E-state index in [1.165, 1.54) is 4.90 Å². The van der Waals surface area contributed by atoms with Crippen molar-refractivity contribution in [3.63, 3.8) is 0 Å². The molecule has 33 heavy (non-hydrogen) atoms. The summed E-state index contributed by atoms with van der Waals surface area (Å²) in [6, 6.07) is 14.0. The first-order chi connectivity index (χ1) is 16.0. The normalized spacial score (nSPS) is 17.9. The predicted molar refractivity (Wildman–Crippen MR) is 119 cm³/mol. The van der Waals surface area contributed by atoms with Crippen molar-refractivity contribution >= 4 is 17.7 Å². The molecule has 0 aliphatic carbocycles. The van der Waals surface area contributed by atoms with E-state index in [1.54, 1.807) is 47.6 Å². The second-order valence-corrected chi connectivity index (χ2v) is 8.07. The van der Waals surface area contributed by atoms with E-state index in [2.05, 4.69) is 9.97 Å². The van der Waals surface area contributed by atoms with Gasteiger partial charge in [0, 0.05) is 24.5 Å². The second kappa shape index (κ2) is 8.55. The van der Waals surface area contributed by atoms with Gasteiger partial charge in [0.2, 0.25) is 0 Å². The lowest BCUT2D eigenvalue weighted by Crippen LogP contribution is -2.52. The Morgan fingerprint density at radius 1 is 1.00 bits per heavy atom. The van der Waals surface area contributed by atoms with E-state index in [-0.39, 0.29) is 24.3 Å². The van der Waals surface area contributed by atoms with Crippen LogP contribution in [-0.2, 0) is 4.74 Å². The molecule has 1 fully saturated rings. The smallest absolute Gasteiger partial charge is 0.261 e. The molecule has 2 aliphatic heterocycles. The van der Waals surface area contributed by atoms with Crippen LogP contribution in [0.4, 0.5) is 0 Å². The molecule has 0 spiro atoms. The van der Waals surface area contributed by atoms with Gasteiger partial charge in [-0.05, 0) is 37.6 Å². The average Bonchev–Trinajstić information content (AvgIpc) is 3.09.